The number of pyridine rings is 1. The van der Waals surface area contributed by atoms with Gasteiger partial charge >= 0.3 is 0 Å². The van der Waals surface area contributed by atoms with Gasteiger partial charge in [0.05, 0.1) is 6.04 Å². The highest BCUT2D eigenvalue weighted by Gasteiger charge is 2.14. The number of aromatic nitrogens is 1. The number of aryl methyl sites for hydroxylation is 2. The number of hydrogen-bond donors (Lipinski definition) is 1. The fourth-order valence-electron chi connectivity index (χ4n) is 2.38. The Morgan fingerprint density at radius 3 is 2.67 bits per heavy atom. The predicted octanol–water partition coefficient (Wildman–Crippen LogP) is 3.26. The van der Waals surface area contributed by atoms with Crippen LogP contribution in [0.4, 0.5) is 0 Å². The number of hydrogen-bond acceptors (Lipinski definition) is 2. The number of benzene rings is 1. The van der Waals surface area contributed by atoms with Gasteiger partial charge in [-0.05, 0) is 42.6 Å². The molecule has 0 aliphatic heterocycles. The average molecular weight is 240 g/mol. The van der Waals surface area contributed by atoms with Gasteiger partial charge in [0.15, 0.2) is 0 Å². The molecule has 0 aliphatic carbocycles. The monoisotopic (exact) mass is 240 g/mol. The zero-order valence-corrected chi connectivity index (χ0v) is 11.3. The molecule has 0 spiro atoms. The topological polar surface area (TPSA) is 24.9 Å². The van der Waals surface area contributed by atoms with E-state index in [1.54, 1.807) is 0 Å². The minimum Gasteiger partial charge on any atom is -0.309 e. The van der Waals surface area contributed by atoms with E-state index in [0.717, 1.165) is 6.42 Å². The molecule has 18 heavy (non-hydrogen) atoms. The predicted molar refractivity (Wildman–Crippen MR) is 75.7 cm³/mol. The first-order valence-corrected chi connectivity index (χ1v) is 6.43. The van der Waals surface area contributed by atoms with Crippen molar-refractivity contribution < 1.29 is 0 Å². The van der Waals surface area contributed by atoms with Crippen molar-refractivity contribution in [2.45, 2.75) is 26.3 Å². The summed E-state index contributed by atoms with van der Waals surface area (Å²) < 4.78 is 0. The van der Waals surface area contributed by atoms with Gasteiger partial charge in [-0.25, -0.2) is 0 Å². The van der Waals surface area contributed by atoms with Crippen LogP contribution in [-0.2, 0) is 6.42 Å². The Morgan fingerprint density at radius 1 is 1.22 bits per heavy atom. The Kier molecular flexibility index (Phi) is 4.11. The first-order chi connectivity index (χ1) is 8.76. The van der Waals surface area contributed by atoms with Gasteiger partial charge < -0.3 is 5.32 Å². The lowest BCUT2D eigenvalue weighted by Gasteiger charge is -2.20. The largest absolute Gasteiger partial charge is 0.309 e. The lowest BCUT2D eigenvalue weighted by molar-refractivity contribution is 0.680. The van der Waals surface area contributed by atoms with Crippen LogP contribution >= 0.6 is 0 Å². The van der Waals surface area contributed by atoms with Crippen molar-refractivity contribution in [2.75, 3.05) is 7.05 Å². The molecule has 2 rings (SSSR count). The Balaban J connectivity index is 2.45. The van der Waals surface area contributed by atoms with E-state index in [-0.39, 0.29) is 6.04 Å². The molecule has 1 atom stereocenters. The van der Waals surface area contributed by atoms with Gasteiger partial charge in [0.2, 0.25) is 0 Å². The molecular weight excluding hydrogens is 220 g/mol. The summed E-state index contributed by atoms with van der Waals surface area (Å²) in [5.74, 6) is 0. The number of nitrogens with one attached hydrogen (secondary N) is 1. The van der Waals surface area contributed by atoms with E-state index in [1.165, 1.54) is 22.3 Å². The van der Waals surface area contributed by atoms with Crippen molar-refractivity contribution in [1.82, 2.24) is 10.3 Å². The van der Waals surface area contributed by atoms with Crippen molar-refractivity contribution in [2.24, 2.45) is 0 Å². The van der Waals surface area contributed by atoms with Crippen LogP contribution in [0.3, 0.4) is 0 Å². The minimum absolute atomic E-state index is 0.216. The summed E-state index contributed by atoms with van der Waals surface area (Å²) >= 11 is 0. The van der Waals surface area contributed by atoms with Crippen molar-refractivity contribution in [3.63, 3.8) is 0 Å². The molecule has 1 N–H and O–H groups in total. The maximum atomic E-state index is 4.29. The molecule has 94 valence electrons. The molecule has 0 aliphatic rings. The van der Waals surface area contributed by atoms with E-state index >= 15 is 0 Å². The Morgan fingerprint density at radius 2 is 2.00 bits per heavy atom. The summed E-state index contributed by atoms with van der Waals surface area (Å²) in [6, 6.07) is 11.0. The van der Waals surface area contributed by atoms with Crippen molar-refractivity contribution >= 4 is 0 Å². The van der Waals surface area contributed by atoms with E-state index in [4.69, 9.17) is 0 Å². The zero-order chi connectivity index (χ0) is 13.0. The second-order valence-electron chi connectivity index (χ2n) is 4.57. The van der Waals surface area contributed by atoms with Crippen LogP contribution in [0.15, 0.2) is 42.7 Å². The molecule has 0 saturated carbocycles. The van der Waals surface area contributed by atoms with Gasteiger partial charge in [0.25, 0.3) is 0 Å². The molecule has 1 aromatic carbocycles. The SMILES string of the molecule is CCc1ccccc1C(NC)c1cncc(C)c1. The maximum Gasteiger partial charge on any atom is 0.0592 e. The van der Waals surface area contributed by atoms with Gasteiger partial charge in [-0.1, -0.05) is 37.3 Å². The van der Waals surface area contributed by atoms with Crippen molar-refractivity contribution in [3.8, 4) is 0 Å². The molecule has 2 heteroatoms. The van der Waals surface area contributed by atoms with Crippen molar-refractivity contribution in [3.05, 3.63) is 65.0 Å². The van der Waals surface area contributed by atoms with Gasteiger partial charge in [-0.15, -0.1) is 0 Å². The van der Waals surface area contributed by atoms with E-state index in [1.807, 2.05) is 19.4 Å². The number of nitrogens with zero attached hydrogens (tertiary/aromatic N) is 1. The van der Waals surface area contributed by atoms with E-state index < -0.39 is 0 Å². The molecule has 1 unspecified atom stereocenters. The van der Waals surface area contributed by atoms with Crippen LogP contribution in [0.25, 0.3) is 0 Å². The van der Waals surface area contributed by atoms with Gasteiger partial charge in [0, 0.05) is 12.4 Å². The highest BCUT2D eigenvalue weighted by atomic mass is 14.9. The highest BCUT2D eigenvalue weighted by molar-refractivity contribution is 5.37. The lowest BCUT2D eigenvalue weighted by Crippen LogP contribution is -2.19. The van der Waals surface area contributed by atoms with Crippen molar-refractivity contribution in [1.29, 1.82) is 0 Å². The molecule has 0 amide bonds. The summed E-state index contributed by atoms with van der Waals surface area (Å²) in [6.07, 6.45) is 4.89. The summed E-state index contributed by atoms with van der Waals surface area (Å²) in [5.41, 5.74) is 5.15. The second kappa shape index (κ2) is 5.78. The summed E-state index contributed by atoms with van der Waals surface area (Å²) in [5, 5.41) is 3.40. The van der Waals surface area contributed by atoms with Gasteiger partial charge in [-0.2, -0.15) is 0 Å². The Labute approximate surface area is 109 Å². The molecule has 1 heterocycles. The molecule has 1 aromatic heterocycles. The summed E-state index contributed by atoms with van der Waals surface area (Å²) in [7, 11) is 2.00. The van der Waals surface area contributed by atoms with Crippen LogP contribution in [0.2, 0.25) is 0 Å². The smallest absolute Gasteiger partial charge is 0.0592 e. The fraction of sp³-hybridized carbons (Fsp3) is 0.312. The third-order valence-electron chi connectivity index (χ3n) is 3.27. The minimum atomic E-state index is 0.216. The average Bonchev–Trinajstić information content (AvgIpc) is 2.40. The Hall–Kier alpha value is -1.67. The van der Waals surface area contributed by atoms with Gasteiger partial charge in [-0.3, -0.25) is 4.98 Å². The summed E-state index contributed by atoms with van der Waals surface area (Å²) in [6.45, 7) is 4.27. The van der Waals surface area contributed by atoms with Crippen LogP contribution in [0.5, 0.6) is 0 Å². The molecule has 0 saturated heterocycles. The first kappa shape index (κ1) is 12.8. The van der Waals surface area contributed by atoms with E-state index in [2.05, 4.69) is 54.5 Å². The molecule has 0 radical (unpaired) electrons. The lowest BCUT2D eigenvalue weighted by atomic mass is 9.94. The standard InChI is InChI=1S/C16H20N2/c1-4-13-7-5-6-8-15(13)16(17-3)14-9-12(2)10-18-11-14/h5-11,16-17H,4H2,1-3H3. The highest BCUT2D eigenvalue weighted by Crippen LogP contribution is 2.25. The Bertz CT molecular complexity index is 520. The third-order valence-corrected chi connectivity index (χ3v) is 3.27. The van der Waals surface area contributed by atoms with Crippen LogP contribution < -0.4 is 5.32 Å². The van der Waals surface area contributed by atoms with E-state index in [9.17, 15) is 0 Å². The maximum absolute atomic E-state index is 4.29. The van der Waals surface area contributed by atoms with E-state index in [0.29, 0.717) is 0 Å². The number of rotatable bonds is 4. The van der Waals surface area contributed by atoms with Gasteiger partial charge in [0.1, 0.15) is 0 Å². The molecule has 2 nitrogen and oxygen atoms in total. The normalized spacial score (nSPS) is 12.4. The second-order valence-corrected chi connectivity index (χ2v) is 4.57. The first-order valence-electron chi connectivity index (χ1n) is 6.43. The van der Waals surface area contributed by atoms with Crippen LogP contribution in [0, 0.1) is 6.92 Å². The third kappa shape index (κ3) is 2.59. The zero-order valence-electron chi connectivity index (χ0n) is 11.3. The molecular formula is C16H20N2. The van der Waals surface area contributed by atoms with Crippen LogP contribution in [0.1, 0.15) is 35.2 Å². The molecule has 0 bridgehead atoms. The van der Waals surface area contributed by atoms with Crippen LogP contribution in [-0.4, -0.2) is 12.0 Å². The molecule has 0 fully saturated rings. The fourth-order valence-corrected chi connectivity index (χ4v) is 2.38. The summed E-state index contributed by atoms with van der Waals surface area (Å²) in [4.78, 5) is 4.29. The molecule has 2 aromatic rings. The quantitative estimate of drug-likeness (QED) is 0.887.